The van der Waals surface area contributed by atoms with Gasteiger partial charge in [-0.3, -0.25) is 0 Å². The predicted molar refractivity (Wildman–Crippen MR) is 55.3 cm³/mol. The summed E-state index contributed by atoms with van der Waals surface area (Å²) in [6.07, 6.45) is 0. The topological polar surface area (TPSA) is 68.3 Å². The van der Waals surface area contributed by atoms with Gasteiger partial charge in [0.05, 0.1) is 21.3 Å². The Hall–Kier alpha value is -0.880. The summed E-state index contributed by atoms with van der Waals surface area (Å²) < 4.78 is 46.5. The van der Waals surface area contributed by atoms with Crippen LogP contribution < -0.4 is 0 Å². The maximum Gasteiger partial charge on any atom is 0.180 e. The summed E-state index contributed by atoms with van der Waals surface area (Å²) in [5.41, 5.74) is 0.745. The van der Waals surface area contributed by atoms with Crippen LogP contribution in [-0.2, 0) is 19.7 Å². The molecule has 0 aliphatic carbocycles. The van der Waals surface area contributed by atoms with Crippen molar-refractivity contribution in [2.45, 2.75) is 16.7 Å². The number of hydrogen-bond acceptors (Lipinski definition) is 4. The lowest BCUT2D eigenvalue weighted by Gasteiger charge is -2.16. The average Bonchev–Trinajstić information content (AvgIpc) is 2.13. The molecular formula is C9H10O4S2. The molecule has 0 fully saturated rings. The molecule has 82 valence electrons. The number of fused-ring (bicyclic) bond motifs is 1. The third-order valence-electron chi connectivity index (χ3n) is 2.39. The van der Waals surface area contributed by atoms with Gasteiger partial charge in [-0.15, -0.1) is 0 Å². The first-order valence-electron chi connectivity index (χ1n) is 4.39. The van der Waals surface area contributed by atoms with Crippen LogP contribution in [0.15, 0.2) is 28.0 Å². The van der Waals surface area contributed by atoms with Crippen LogP contribution in [0, 0.1) is 6.92 Å². The minimum Gasteiger partial charge on any atom is -0.224 e. The van der Waals surface area contributed by atoms with Gasteiger partial charge >= 0.3 is 0 Å². The van der Waals surface area contributed by atoms with Gasteiger partial charge in [0.15, 0.2) is 19.7 Å². The average molecular weight is 246 g/mol. The van der Waals surface area contributed by atoms with Crippen molar-refractivity contribution in [1.82, 2.24) is 0 Å². The Morgan fingerprint density at radius 3 is 2.07 bits per heavy atom. The second-order valence-electron chi connectivity index (χ2n) is 3.59. The zero-order valence-corrected chi connectivity index (χ0v) is 9.73. The summed E-state index contributed by atoms with van der Waals surface area (Å²) in [5.74, 6) is -0.628. The van der Waals surface area contributed by atoms with Crippen molar-refractivity contribution in [2.24, 2.45) is 0 Å². The minimum atomic E-state index is -3.41. The third-order valence-corrected chi connectivity index (χ3v) is 6.29. The molecule has 0 bridgehead atoms. The molecule has 0 amide bonds. The quantitative estimate of drug-likeness (QED) is 0.670. The highest BCUT2D eigenvalue weighted by Crippen LogP contribution is 2.28. The summed E-state index contributed by atoms with van der Waals surface area (Å²) in [6, 6.07) is 4.40. The first-order valence-corrected chi connectivity index (χ1v) is 7.69. The number of benzene rings is 1. The predicted octanol–water partition coefficient (Wildman–Crippen LogP) is 0.556. The van der Waals surface area contributed by atoms with Crippen LogP contribution in [0.1, 0.15) is 5.56 Å². The molecule has 1 aromatic rings. The van der Waals surface area contributed by atoms with E-state index in [0.29, 0.717) is 0 Å². The van der Waals surface area contributed by atoms with Crippen LogP contribution >= 0.6 is 0 Å². The third kappa shape index (κ3) is 1.68. The van der Waals surface area contributed by atoms with E-state index in [1.165, 1.54) is 12.1 Å². The first kappa shape index (κ1) is 10.6. The molecule has 0 saturated carbocycles. The van der Waals surface area contributed by atoms with Crippen molar-refractivity contribution in [1.29, 1.82) is 0 Å². The zero-order chi connectivity index (χ0) is 11.3. The van der Waals surface area contributed by atoms with Crippen molar-refractivity contribution in [3.63, 3.8) is 0 Å². The van der Waals surface area contributed by atoms with E-state index >= 15 is 0 Å². The van der Waals surface area contributed by atoms with Crippen molar-refractivity contribution in [3.8, 4) is 0 Å². The minimum absolute atomic E-state index is 0.0475. The monoisotopic (exact) mass is 246 g/mol. The van der Waals surface area contributed by atoms with Crippen LogP contribution in [0.2, 0.25) is 0 Å². The maximum atomic E-state index is 11.6. The summed E-state index contributed by atoms with van der Waals surface area (Å²) >= 11 is 0. The van der Waals surface area contributed by atoms with Crippen molar-refractivity contribution < 1.29 is 16.8 Å². The van der Waals surface area contributed by atoms with E-state index in [1.807, 2.05) is 0 Å². The van der Waals surface area contributed by atoms with Crippen LogP contribution in [0.25, 0.3) is 0 Å². The Bertz CT molecular complexity index is 612. The van der Waals surface area contributed by atoms with Gasteiger partial charge in [-0.2, -0.15) is 0 Å². The summed E-state index contributed by atoms with van der Waals surface area (Å²) in [5, 5.41) is 0. The van der Waals surface area contributed by atoms with Gasteiger partial charge < -0.3 is 0 Å². The Morgan fingerprint density at radius 1 is 0.933 bits per heavy atom. The highest BCUT2D eigenvalue weighted by atomic mass is 32.2. The lowest BCUT2D eigenvalue weighted by Crippen LogP contribution is -2.25. The second-order valence-corrected chi connectivity index (χ2v) is 7.74. The fourth-order valence-corrected chi connectivity index (χ4v) is 5.89. The molecule has 0 atom stereocenters. The summed E-state index contributed by atoms with van der Waals surface area (Å²) in [6.45, 7) is 1.73. The molecule has 1 aliphatic rings. The van der Waals surface area contributed by atoms with Gasteiger partial charge in [0, 0.05) is 0 Å². The van der Waals surface area contributed by atoms with Gasteiger partial charge in [-0.05, 0) is 24.6 Å². The van der Waals surface area contributed by atoms with Crippen molar-refractivity contribution in [2.75, 3.05) is 11.5 Å². The molecular weight excluding hydrogens is 236 g/mol. The molecule has 0 N–H and O–H groups in total. The van der Waals surface area contributed by atoms with Gasteiger partial charge in [-0.25, -0.2) is 16.8 Å². The molecule has 2 rings (SSSR count). The Morgan fingerprint density at radius 2 is 1.47 bits per heavy atom. The Labute approximate surface area is 88.8 Å². The van der Waals surface area contributed by atoms with E-state index in [9.17, 15) is 16.8 Å². The van der Waals surface area contributed by atoms with Crippen LogP contribution in [0.4, 0.5) is 0 Å². The molecule has 4 nitrogen and oxygen atoms in total. The van der Waals surface area contributed by atoms with E-state index in [2.05, 4.69) is 0 Å². The molecule has 6 heteroatoms. The number of sulfone groups is 2. The number of hydrogen-bond donors (Lipinski definition) is 0. The molecule has 0 radical (unpaired) electrons. The molecule has 1 heterocycles. The molecule has 1 aliphatic heterocycles. The smallest absolute Gasteiger partial charge is 0.180 e. The van der Waals surface area contributed by atoms with Crippen LogP contribution in [0.3, 0.4) is 0 Å². The fraction of sp³-hybridized carbons (Fsp3) is 0.333. The molecule has 0 saturated heterocycles. The summed E-state index contributed by atoms with van der Waals surface area (Å²) in [7, 11) is -6.82. The van der Waals surface area contributed by atoms with Gasteiger partial charge in [-0.1, -0.05) is 6.07 Å². The van der Waals surface area contributed by atoms with Gasteiger partial charge in [0.25, 0.3) is 0 Å². The first-order chi connectivity index (χ1) is 6.83. The number of aryl methyl sites for hydroxylation is 1. The summed E-state index contributed by atoms with van der Waals surface area (Å²) in [4.78, 5) is -0.104. The highest BCUT2D eigenvalue weighted by Gasteiger charge is 2.33. The molecule has 15 heavy (non-hydrogen) atoms. The molecule has 1 aromatic carbocycles. The van der Waals surface area contributed by atoms with E-state index in [4.69, 9.17) is 0 Å². The Kier molecular flexibility index (Phi) is 2.16. The van der Waals surface area contributed by atoms with Crippen molar-refractivity contribution in [3.05, 3.63) is 23.8 Å². The normalized spacial score (nSPS) is 21.9. The maximum absolute atomic E-state index is 11.6. The lowest BCUT2D eigenvalue weighted by molar-refractivity contribution is 0.575. The van der Waals surface area contributed by atoms with Gasteiger partial charge in [0.2, 0.25) is 0 Å². The van der Waals surface area contributed by atoms with E-state index in [0.717, 1.165) is 5.56 Å². The largest absolute Gasteiger partial charge is 0.224 e. The van der Waals surface area contributed by atoms with Crippen molar-refractivity contribution >= 4 is 19.7 Å². The molecule has 0 spiro atoms. The second kappa shape index (κ2) is 3.05. The number of rotatable bonds is 0. The fourth-order valence-electron chi connectivity index (χ4n) is 1.55. The Balaban J connectivity index is 2.88. The van der Waals surface area contributed by atoms with Gasteiger partial charge in [0.1, 0.15) is 0 Å². The van der Waals surface area contributed by atoms with E-state index in [-0.39, 0.29) is 21.3 Å². The molecule has 0 unspecified atom stereocenters. The standard InChI is InChI=1S/C9H10O4S2/c1-7-2-3-8-9(6-7)15(12,13)5-4-14(8,10)11/h2-3,6H,4-5H2,1H3. The van der Waals surface area contributed by atoms with E-state index < -0.39 is 19.7 Å². The van der Waals surface area contributed by atoms with Crippen LogP contribution in [0.5, 0.6) is 0 Å². The van der Waals surface area contributed by atoms with E-state index in [1.54, 1.807) is 13.0 Å². The SMILES string of the molecule is Cc1ccc2c(c1)S(=O)(=O)CCS2(=O)=O. The molecule has 0 aromatic heterocycles. The zero-order valence-electron chi connectivity index (χ0n) is 8.10. The highest BCUT2D eigenvalue weighted by molar-refractivity contribution is 7.97. The van der Waals surface area contributed by atoms with Crippen LogP contribution in [-0.4, -0.2) is 28.3 Å². The lowest BCUT2D eigenvalue weighted by atomic mass is 10.2.